The SMILES string of the molecule is Cc1ccc2cc(C(=O)N[C@@H]3CC4CCN(C4)C3)ncn12. The molecule has 2 aromatic heterocycles. The largest absolute Gasteiger partial charge is 0.347 e. The number of hydrogen-bond donors (Lipinski definition) is 1. The topological polar surface area (TPSA) is 49.6 Å². The minimum absolute atomic E-state index is 0.0520. The summed E-state index contributed by atoms with van der Waals surface area (Å²) in [5, 5.41) is 3.16. The predicted octanol–water partition coefficient (Wildman–Crippen LogP) is 1.47. The average Bonchev–Trinajstić information content (AvgIpc) is 3.02. The molecule has 2 fully saturated rings. The lowest BCUT2D eigenvalue weighted by atomic mass is 9.97. The van der Waals surface area contributed by atoms with Crippen LogP contribution in [0.1, 0.15) is 29.0 Å². The van der Waals surface area contributed by atoms with E-state index in [0.717, 1.165) is 30.1 Å². The molecule has 2 aliphatic rings. The molecule has 1 N–H and O–H groups in total. The van der Waals surface area contributed by atoms with Crippen LogP contribution in [0, 0.1) is 12.8 Å². The maximum atomic E-state index is 12.4. The van der Waals surface area contributed by atoms with Gasteiger partial charge in [-0.2, -0.15) is 0 Å². The first-order valence-electron chi connectivity index (χ1n) is 7.66. The van der Waals surface area contributed by atoms with Crippen LogP contribution in [-0.2, 0) is 0 Å². The van der Waals surface area contributed by atoms with Gasteiger partial charge in [0.25, 0.3) is 5.91 Å². The van der Waals surface area contributed by atoms with Crippen LogP contribution in [0.2, 0.25) is 0 Å². The number of rotatable bonds is 2. The van der Waals surface area contributed by atoms with E-state index in [0.29, 0.717) is 5.69 Å². The molecule has 0 radical (unpaired) electrons. The van der Waals surface area contributed by atoms with Crippen LogP contribution in [0.4, 0.5) is 0 Å². The van der Waals surface area contributed by atoms with E-state index in [1.165, 1.54) is 19.5 Å². The van der Waals surface area contributed by atoms with Gasteiger partial charge in [-0.3, -0.25) is 4.79 Å². The van der Waals surface area contributed by atoms with Gasteiger partial charge in [-0.15, -0.1) is 0 Å². The molecule has 1 amide bonds. The Morgan fingerprint density at radius 2 is 2.29 bits per heavy atom. The molecule has 5 nitrogen and oxygen atoms in total. The summed E-state index contributed by atoms with van der Waals surface area (Å²) in [6, 6.07) is 6.18. The number of carbonyl (C=O) groups is 1. The number of aryl methyl sites for hydroxylation is 1. The summed E-state index contributed by atoms with van der Waals surface area (Å²) in [5.41, 5.74) is 2.65. The van der Waals surface area contributed by atoms with E-state index in [4.69, 9.17) is 0 Å². The van der Waals surface area contributed by atoms with Gasteiger partial charge in [0.05, 0.1) is 0 Å². The number of hydrogen-bond acceptors (Lipinski definition) is 3. The Labute approximate surface area is 124 Å². The van der Waals surface area contributed by atoms with Crippen molar-refractivity contribution in [3.05, 3.63) is 35.9 Å². The molecule has 2 bridgehead atoms. The van der Waals surface area contributed by atoms with Crippen LogP contribution in [0.3, 0.4) is 0 Å². The van der Waals surface area contributed by atoms with Gasteiger partial charge in [-0.25, -0.2) is 4.98 Å². The Kier molecular flexibility index (Phi) is 2.96. The fourth-order valence-corrected chi connectivity index (χ4v) is 3.69. The monoisotopic (exact) mass is 284 g/mol. The quantitative estimate of drug-likeness (QED) is 0.908. The third kappa shape index (κ3) is 2.31. The van der Waals surface area contributed by atoms with Gasteiger partial charge in [0, 0.05) is 30.3 Å². The van der Waals surface area contributed by atoms with Crippen LogP contribution >= 0.6 is 0 Å². The molecule has 5 heteroatoms. The van der Waals surface area contributed by atoms with Crippen molar-refractivity contribution < 1.29 is 4.79 Å². The molecule has 0 saturated carbocycles. The summed E-state index contributed by atoms with van der Waals surface area (Å²) in [6.07, 6.45) is 4.11. The highest BCUT2D eigenvalue weighted by atomic mass is 16.1. The van der Waals surface area contributed by atoms with E-state index < -0.39 is 0 Å². The molecular weight excluding hydrogens is 264 g/mol. The van der Waals surface area contributed by atoms with E-state index in [9.17, 15) is 4.79 Å². The second kappa shape index (κ2) is 4.84. The van der Waals surface area contributed by atoms with Gasteiger partial charge in [-0.05, 0) is 50.4 Å². The fraction of sp³-hybridized carbons (Fsp3) is 0.500. The van der Waals surface area contributed by atoms with Crippen LogP contribution in [-0.4, -0.2) is 45.9 Å². The number of amides is 1. The number of piperidine rings is 1. The van der Waals surface area contributed by atoms with E-state index >= 15 is 0 Å². The standard InChI is InChI=1S/C16H20N4O/c1-11-2-3-14-7-15(17-10-20(11)14)16(21)18-13-6-12-4-5-19(8-12)9-13/h2-3,7,10,12-13H,4-6,8-9H2,1H3,(H,18,21)/t12?,13-/m1/s1. The van der Waals surface area contributed by atoms with Crippen molar-refractivity contribution >= 4 is 11.4 Å². The van der Waals surface area contributed by atoms with Gasteiger partial charge in [0.1, 0.15) is 12.0 Å². The van der Waals surface area contributed by atoms with Crippen LogP contribution in [0.25, 0.3) is 5.52 Å². The molecule has 4 rings (SSSR count). The molecule has 21 heavy (non-hydrogen) atoms. The maximum absolute atomic E-state index is 12.4. The first kappa shape index (κ1) is 12.8. The summed E-state index contributed by atoms with van der Waals surface area (Å²) >= 11 is 0. The molecule has 2 saturated heterocycles. The molecule has 2 unspecified atom stereocenters. The number of nitrogens with zero attached hydrogens (tertiary/aromatic N) is 3. The summed E-state index contributed by atoms with van der Waals surface area (Å²) in [4.78, 5) is 19.1. The van der Waals surface area contributed by atoms with Crippen LogP contribution in [0.15, 0.2) is 24.5 Å². The Hall–Kier alpha value is -1.88. The van der Waals surface area contributed by atoms with E-state index in [1.807, 2.05) is 29.5 Å². The van der Waals surface area contributed by atoms with Gasteiger partial charge < -0.3 is 14.6 Å². The zero-order valence-electron chi connectivity index (χ0n) is 12.2. The number of aromatic nitrogens is 2. The van der Waals surface area contributed by atoms with Gasteiger partial charge in [0.15, 0.2) is 0 Å². The van der Waals surface area contributed by atoms with Gasteiger partial charge in [0.2, 0.25) is 0 Å². The normalized spacial score (nSPS) is 28.0. The third-order valence-electron chi connectivity index (χ3n) is 4.78. The predicted molar refractivity (Wildman–Crippen MR) is 80.3 cm³/mol. The molecule has 2 aliphatic heterocycles. The zero-order chi connectivity index (χ0) is 14.4. The maximum Gasteiger partial charge on any atom is 0.270 e. The lowest BCUT2D eigenvalue weighted by molar-refractivity contribution is 0.0904. The number of fused-ring (bicyclic) bond motifs is 3. The van der Waals surface area contributed by atoms with E-state index in [-0.39, 0.29) is 11.9 Å². The Morgan fingerprint density at radius 1 is 1.38 bits per heavy atom. The van der Waals surface area contributed by atoms with Crippen molar-refractivity contribution in [2.45, 2.75) is 25.8 Å². The summed E-state index contributed by atoms with van der Waals surface area (Å²) < 4.78 is 1.99. The van der Waals surface area contributed by atoms with Crippen LogP contribution in [0.5, 0.6) is 0 Å². The van der Waals surface area contributed by atoms with Crippen molar-refractivity contribution in [2.75, 3.05) is 19.6 Å². The fourth-order valence-electron chi connectivity index (χ4n) is 3.69. The second-order valence-corrected chi connectivity index (χ2v) is 6.36. The van der Waals surface area contributed by atoms with Crippen molar-refractivity contribution in [3.8, 4) is 0 Å². The first-order valence-corrected chi connectivity index (χ1v) is 7.66. The molecule has 0 spiro atoms. The Balaban J connectivity index is 1.50. The average molecular weight is 284 g/mol. The minimum Gasteiger partial charge on any atom is -0.347 e. The third-order valence-corrected chi connectivity index (χ3v) is 4.78. The highest BCUT2D eigenvalue weighted by Gasteiger charge is 2.33. The molecule has 2 aromatic rings. The Morgan fingerprint density at radius 3 is 3.14 bits per heavy atom. The van der Waals surface area contributed by atoms with Crippen molar-refractivity contribution in [2.24, 2.45) is 5.92 Å². The number of nitrogens with one attached hydrogen (secondary N) is 1. The lowest BCUT2D eigenvalue weighted by Gasteiger charge is -2.30. The van der Waals surface area contributed by atoms with Crippen molar-refractivity contribution in [1.82, 2.24) is 19.6 Å². The van der Waals surface area contributed by atoms with Crippen LogP contribution < -0.4 is 5.32 Å². The van der Waals surface area contributed by atoms with Gasteiger partial charge >= 0.3 is 0 Å². The summed E-state index contributed by atoms with van der Waals surface area (Å²) in [6.45, 7) is 5.40. The second-order valence-electron chi connectivity index (χ2n) is 6.36. The minimum atomic E-state index is -0.0520. The highest BCUT2D eigenvalue weighted by molar-refractivity contribution is 5.93. The molecule has 4 heterocycles. The molecule has 0 aromatic carbocycles. The summed E-state index contributed by atoms with van der Waals surface area (Å²) in [7, 11) is 0. The highest BCUT2D eigenvalue weighted by Crippen LogP contribution is 2.26. The molecule has 110 valence electrons. The van der Waals surface area contributed by atoms with Crippen molar-refractivity contribution in [1.29, 1.82) is 0 Å². The summed E-state index contributed by atoms with van der Waals surface area (Å²) in [5.74, 6) is 0.705. The smallest absolute Gasteiger partial charge is 0.270 e. The number of carbonyl (C=O) groups excluding carboxylic acids is 1. The molecule has 0 aliphatic carbocycles. The molecule has 3 atom stereocenters. The zero-order valence-corrected chi connectivity index (χ0v) is 12.2. The van der Waals surface area contributed by atoms with Crippen molar-refractivity contribution in [3.63, 3.8) is 0 Å². The van der Waals surface area contributed by atoms with E-state index in [1.54, 1.807) is 6.33 Å². The molecular formula is C16H20N4O. The van der Waals surface area contributed by atoms with E-state index in [2.05, 4.69) is 15.2 Å². The van der Waals surface area contributed by atoms with Gasteiger partial charge in [-0.1, -0.05) is 0 Å². The Bertz CT molecular complexity index is 681. The lowest BCUT2D eigenvalue weighted by Crippen LogP contribution is -2.47. The first-order chi connectivity index (χ1) is 10.2.